The van der Waals surface area contributed by atoms with Gasteiger partial charge in [-0.1, -0.05) is 36.8 Å². The van der Waals surface area contributed by atoms with Crippen LogP contribution >= 0.6 is 0 Å². The molecule has 0 fully saturated rings. The van der Waals surface area contributed by atoms with Gasteiger partial charge in [0.15, 0.2) is 5.96 Å². The van der Waals surface area contributed by atoms with Crippen molar-refractivity contribution in [3.63, 3.8) is 0 Å². The molecular weight excluding hydrogens is 530 g/mol. The highest BCUT2D eigenvalue weighted by molar-refractivity contribution is 5.94. The first kappa shape index (κ1) is 35.3. The highest BCUT2D eigenvalue weighted by Gasteiger charge is 2.30. The Kier molecular flexibility index (Phi) is 17.4. The molecule has 0 radical (unpaired) electrons. The highest BCUT2D eigenvalue weighted by atomic mass is 16.4. The van der Waals surface area contributed by atoms with Crippen molar-refractivity contribution in [2.75, 3.05) is 19.6 Å². The fraction of sp³-hybridized carbons (Fsp3) is 0.593. The summed E-state index contributed by atoms with van der Waals surface area (Å²) in [6.07, 6.45) is 3.70. The van der Waals surface area contributed by atoms with E-state index in [4.69, 9.17) is 28.7 Å². The van der Waals surface area contributed by atoms with Crippen LogP contribution < -0.4 is 44.6 Å². The number of unbranched alkanes of at least 4 members (excludes halogenated alkanes) is 2. The molecule has 0 saturated heterocycles. The summed E-state index contributed by atoms with van der Waals surface area (Å²) in [4.78, 5) is 55.2. The van der Waals surface area contributed by atoms with Crippen molar-refractivity contribution >= 4 is 29.7 Å². The molecule has 0 unspecified atom stereocenters. The second kappa shape index (κ2) is 20.2. The van der Waals surface area contributed by atoms with Crippen LogP contribution in [0.4, 0.5) is 0 Å². The molecule has 0 heterocycles. The van der Waals surface area contributed by atoms with Gasteiger partial charge in [-0.2, -0.15) is 0 Å². The van der Waals surface area contributed by atoms with Crippen LogP contribution in [0.5, 0.6) is 0 Å². The smallest absolute Gasteiger partial charge is 0.326 e. The van der Waals surface area contributed by atoms with E-state index in [1.165, 1.54) is 0 Å². The molecule has 0 aliphatic carbocycles. The summed E-state index contributed by atoms with van der Waals surface area (Å²) in [5.74, 6) is -3.08. The number of carbonyl (C=O) groups excluding carboxylic acids is 3. The molecule has 1 rings (SSSR count). The van der Waals surface area contributed by atoms with Crippen molar-refractivity contribution in [2.45, 2.75) is 82.0 Å². The van der Waals surface area contributed by atoms with E-state index in [2.05, 4.69) is 20.9 Å². The summed E-state index contributed by atoms with van der Waals surface area (Å²) in [6, 6.07) is 4.83. The molecule has 41 heavy (non-hydrogen) atoms. The van der Waals surface area contributed by atoms with Crippen LogP contribution in [0.25, 0.3) is 0 Å². The number of carboxylic acids is 1. The average Bonchev–Trinajstić information content (AvgIpc) is 2.93. The minimum Gasteiger partial charge on any atom is -0.480 e. The van der Waals surface area contributed by atoms with E-state index >= 15 is 0 Å². The van der Waals surface area contributed by atoms with Gasteiger partial charge in [0.1, 0.15) is 18.1 Å². The number of guanidine groups is 1. The zero-order valence-electron chi connectivity index (χ0n) is 23.6. The van der Waals surface area contributed by atoms with Crippen molar-refractivity contribution in [3.05, 3.63) is 35.9 Å². The van der Waals surface area contributed by atoms with Crippen molar-refractivity contribution in [1.29, 1.82) is 0 Å². The van der Waals surface area contributed by atoms with E-state index in [0.717, 1.165) is 5.56 Å². The molecule has 3 amide bonds. The number of carbonyl (C=O) groups is 4. The van der Waals surface area contributed by atoms with Crippen LogP contribution in [-0.4, -0.2) is 78.6 Å². The quantitative estimate of drug-likeness (QED) is 0.0459. The number of rotatable bonds is 21. The van der Waals surface area contributed by atoms with Crippen molar-refractivity contribution in [3.8, 4) is 0 Å². The van der Waals surface area contributed by atoms with Crippen LogP contribution in [0.15, 0.2) is 35.3 Å². The molecule has 0 aliphatic heterocycles. The third kappa shape index (κ3) is 15.0. The SMILES string of the molecule is NCCCC[C@H](NC(=O)[C@H](Cc1ccccc1)NC(=O)[C@H](CCCN=C(N)N)NC(=O)[C@@H](N)CCCCN)C(=O)O. The number of aliphatic carboxylic acids is 1. The van der Waals surface area contributed by atoms with E-state index < -0.39 is 47.9 Å². The molecule has 14 heteroatoms. The van der Waals surface area contributed by atoms with Gasteiger partial charge in [0.25, 0.3) is 0 Å². The minimum absolute atomic E-state index is 0.0980. The summed E-state index contributed by atoms with van der Waals surface area (Å²) in [6.45, 7) is 1.10. The Morgan fingerprint density at radius 1 is 0.732 bits per heavy atom. The van der Waals surface area contributed by atoms with E-state index in [0.29, 0.717) is 51.6 Å². The Bertz CT molecular complexity index is 973. The molecular formula is C27H47N9O5. The zero-order valence-corrected chi connectivity index (χ0v) is 23.6. The number of hydrogen-bond acceptors (Lipinski definition) is 8. The fourth-order valence-corrected chi connectivity index (χ4v) is 4.04. The van der Waals surface area contributed by atoms with Gasteiger partial charge in [-0.15, -0.1) is 0 Å². The van der Waals surface area contributed by atoms with Gasteiger partial charge < -0.3 is 49.7 Å². The van der Waals surface area contributed by atoms with Gasteiger partial charge in [-0.25, -0.2) is 4.79 Å². The summed E-state index contributed by atoms with van der Waals surface area (Å²) in [5.41, 5.74) is 28.5. The maximum atomic E-state index is 13.4. The molecule has 1 aromatic carbocycles. The Labute approximate surface area is 241 Å². The standard InChI is InChI=1S/C27H47N9O5/c28-14-6-4-11-19(30)23(37)34-20(13-8-16-33-27(31)32)24(38)36-22(17-18-9-2-1-3-10-18)25(39)35-21(26(40)41)12-5-7-15-29/h1-3,9-10,19-22H,4-8,11-17,28-30H2,(H,34,37)(H,35,39)(H,36,38)(H,40,41)(H4,31,32,33)/t19-,20-,21-,22-/m0/s1. The molecule has 1 aromatic rings. The van der Waals surface area contributed by atoms with Crippen LogP contribution in [-0.2, 0) is 25.6 Å². The molecule has 0 spiro atoms. The number of amides is 3. The zero-order chi connectivity index (χ0) is 30.6. The first-order chi connectivity index (χ1) is 19.6. The van der Waals surface area contributed by atoms with Crippen LogP contribution in [0.2, 0.25) is 0 Å². The maximum Gasteiger partial charge on any atom is 0.326 e. The monoisotopic (exact) mass is 577 g/mol. The lowest BCUT2D eigenvalue weighted by molar-refractivity contribution is -0.142. The Balaban J connectivity index is 3.10. The summed E-state index contributed by atoms with van der Waals surface area (Å²) >= 11 is 0. The predicted molar refractivity (Wildman–Crippen MR) is 157 cm³/mol. The number of nitrogens with zero attached hydrogens (tertiary/aromatic N) is 1. The van der Waals surface area contributed by atoms with Gasteiger partial charge in [-0.05, 0) is 63.6 Å². The molecule has 0 aromatic heterocycles. The van der Waals surface area contributed by atoms with Crippen molar-refractivity contribution in [2.24, 2.45) is 33.7 Å². The average molecular weight is 578 g/mol. The Hall–Kier alpha value is -3.75. The van der Waals surface area contributed by atoms with E-state index in [1.54, 1.807) is 24.3 Å². The normalized spacial score (nSPS) is 13.7. The largest absolute Gasteiger partial charge is 0.480 e. The first-order valence-corrected chi connectivity index (χ1v) is 14.0. The lowest BCUT2D eigenvalue weighted by Gasteiger charge is -2.25. The van der Waals surface area contributed by atoms with Gasteiger partial charge in [-0.3, -0.25) is 19.4 Å². The second-order valence-corrected chi connectivity index (χ2v) is 9.84. The maximum absolute atomic E-state index is 13.4. The fourth-order valence-electron chi connectivity index (χ4n) is 4.04. The number of aliphatic imine (C=N–C) groups is 1. The third-order valence-corrected chi connectivity index (χ3v) is 6.36. The van der Waals surface area contributed by atoms with Gasteiger partial charge in [0.2, 0.25) is 17.7 Å². The Morgan fingerprint density at radius 3 is 1.85 bits per heavy atom. The summed E-state index contributed by atoms with van der Waals surface area (Å²) in [7, 11) is 0. The van der Waals surface area contributed by atoms with Gasteiger partial charge in [0.05, 0.1) is 6.04 Å². The summed E-state index contributed by atoms with van der Waals surface area (Å²) < 4.78 is 0. The van der Waals surface area contributed by atoms with Gasteiger partial charge >= 0.3 is 5.97 Å². The van der Waals surface area contributed by atoms with Crippen LogP contribution in [0, 0.1) is 0 Å². The van der Waals surface area contributed by atoms with Crippen molar-refractivity contribution in [1.82, 2.24) is 16.0 Å². The number of hydrogen-bond donors (Lipinski definition) is 9. The highest BCUT2D eigenvalue weighted by Crippen LogP contribution is 2.08. The first-order valence-electron chi connectivity index (χ1n) is 14.0. The lowest BCUT2D eigenvalue weighted by Crippen LogP contribution is -2.57. The predicted octanol–water partition coefficient (Wildman–Crippen LogP) is -1.59. The molecule has 0 saturated carbocycles. The van der Waals surface area contributed by atoms with Crippen LogP contribution in [0.3, 0.4) is 0 Å². The molecule has 14 nitrogen and oxygen atoms in total. The molecule has 14 N–H and O–H groups in total. The summed E-state index contributed by atoms with van der Waals surface area (Å²) in [5, 5.41) is 17.5. The van der Waals surface area contributed by atoms with Crippen LogP contribution in [0.1, 0.15) is 56.9 Å². The van der Waals surface area contributed by atoms with Gasteiger partial charge in [0, 0.05) is 13.0 Å². The van der Waals surface area contributed by atoms with E-state index in [9.17, 15) is 24.3 Å². The molecule has 230 valence electrons. The molecule has 0 bridgehead atoms. The second-order valence-electron chi connectivity index (χ2n) is 9.84. The molecule has 4 atom stereocenters. The number of carboxylic acid groups (broad SMARTS) is 1. The number of benzene rings is 1. The lowest BCUT2D eigenvalue weighted by atomic mass is 10.0. The van der Waals surface area contributed by atoms with E-state index in [1.807, 2.05) is 6.07 Å². The topological polar surface area (TPSA) is 267 Å². The number of nitrogens with one attached hydrogen (secondary N) is 3. The van der Waals surface area contributed by atoms with Crippen molar-refractivity contribution < 1.29 is 24.3 Å². The number of nitrogens with two attached hydrogens (primary N) is 5. The molecule has 0 aliphatic rings. The minimum atomic E-state index is -1.19. The third-order valence-electron chi connectivity index (χ3n) is 6.36. The van der Waals surface area contributed by atoms with E-state index in [-0.39, 0.29) is 31.8 Å². The Morgan fingerprint density at radius 2 is 1.27 bits per heavy atom.